The van der Waals surface area contributed by atoms with Crippen molar-refractivity contribution < 1.29 is 9.90 Å². The number of carbonyl (C=O) groups excluding carboxylic acids is 1. The second-order valence-electron chi connectivity index (χ2n) is 7.18. The lowest BCUT2D eigenvalue weighted by Gasteiger charge is -2.18. The molecular weight excluding hydrogens is 318 g/mol. The summed E-state index contributed by atoms with van der Waals surface area (Å²) in [5.41, 5.74) is 0.565. The number of amides is 1. The highest BCUT2D eigenvalue weighted by molar-refractivity contribution is 5.94. The van der Waals surface area contributed by atoms with Crippen LogP contribution >= 0.6 is 0 Å². The number of aryl methyl sites for hydroxylation is 1. The lowest BCUT2D eigenvalue weighted by atomic mass is 9.95. The highest BCUT2D eigenvalue weighted by Crippen LogP contribution is 2.17. The van der Waals surface area contributed by atoms with Crippen molar-refractivity contribution >= 4 is 5.91 Å². The van der Waals surface area contributed by atoms with E-state index in [0.717, 1.165) is 5.56 Å². The van der Waals surface area contributed by atoms with Gasteiger partial charge in [0.15, 0.2) is 0 Å². The number of aromatic nitrogens is 2. The maximum atomic E-state index is 12.3. The third-order valence-electron chi connectivity index (χ3n) is 3.85. The molecule has 6 heteroatoms. The fourth-order valence-electron chi connectivity index (χ4n) is 2.47. The van der Waals surface area contributed by atoms with E-state index in [0.29, 0.717) is 17.9 Å². The van der Waals surface area contributed by atoms with Crippen LogP contribution in [-0.4, -0.2) is 33.6 Å². The number of H-pyrrole nitrogens is 1. The molecule has 134 valence electrons. The zero-order valence-electron chi connectivity index (χ0n) is 15.1. The summed E-state index contributed by atoms with van der Waals surface area (Å²) in [5.74, 6) is 0.00878. The molecule has 0 aliphatic heterocycles. The van der Waals surface area contributed by atoms with Crippen molar-refractivity contribution in [1.82, 2.24) is 15.3 Å². The number of rotatable bonds is 5. The molecule has 25 heavy (non-hydrogen) atoms. The molecule has 0 saturated carbocycles. The number of hydrogen-bond donors (Lipinski definition) is 3. The fourth-order valence-corrected chi connectivity index (χ4v) is 2.47. The second kappa shape index (κ2) is 7.61. The molecule has 1 amide bonds. The molecule has 1 aromatic heterocycles. The molecule has 0 aliphatic carbocycles. The summed E-state index contributed by atoms with van der Waals surface area (Å²) >= 11 is 0. The Balaban J connectivity index is 2.05. The van der Waals surface area contributed by atoms with Crippen LogP contribution in [0, 0.1) is 6.92 Å². The molecule has 2 aromatic rings. The molecule has 6 nitrogen and oxygen atoms in total. The van der Waals surface area contributed by atoms with E-state index in [2.05, 4.69) is 15.3 Å². The molecule has 0 saturated heterocycles. The SMILES string of the molecule is Cc1nc(C(C)(C)C)[nH]c(=O)c1C(=O)NC[C@H](O)Cc1ccccc1. The Kier molecular flexibility index (Phi) is 5.74. The summed E-state index contributed by atoms with van der Waals surface area (Å²) in [6.45, 7) is 7.51. The van der Waals surface area contributed by atoms with Gasteiger partial charge in [-0.1, -0.05) is 51.1 Å². The summed E-state index contributed by atoms with van der Waals surface area (Å²) in [4.78, 5) is 31.6. The number of nitrogens with zero attached hydrogens (tertiary/aromatic N) is 1. The second-order valence-corrected chi connectivity index (χ2v) is 7.18. The van der Waals surface area contributed by atoms with Gasteiger partial charge in [0.2, 0.25) is 0 Å². The third kappa shape index (κ3) is 5.00. The number of aliphatic hydroxyl groups is 1. The van der Waals surface area contributed by atoms with E-state index in [1.807, 2.05) is 51.1 Å². The van der Waals surface area contributed by atoms with Crippen LogP contribution in [-0.2, 0) is 11.8 Å². The summed E-state index contributed by atoms with van der Waals surface area (Å²) in [7, 11) is 0. The summed E-state index contributed by atoms with van der Waals surface area (Å²) < 4.78 is 0. The van der Waals surface area contributed by atoms with Gasteiger partial charge in [0.1, 0.15) is 11.4 Å². The summed E-state index contributed by atoms with van der Waals surface area (Å²) in [6.07, 6.45) is -0.301. The number of benzene rings is 1. The third-order valence-corrected chi connectivity index (χ3v) is 3.85. The first kappa shape index (κ1) is 18.9. The van der Waals surface area contributed by atoms with Crippen LogP contribution in [0.5, 0.6) is 0 Å². The van der Waals surface area contributed by atoms with Crippen LogP contribution in [0.1, 0.15) is 48.2 Å². The van der Waals surface area contributed by atoms with Crippen molar-refractivity contribution in [2.45, 2.75) is 45.6 Å². The van der Waals surface area contributed by atoms with E-state index in [-0.39, 0.29) is 17.5 Å². The molecule has 0 radical (unpaired) electrons. The predicted octanol–water partition coefficient (Wildman–Crippen LogP) is 1.71. The smallest absolute Gasteiger partial charge is 0.264 e. The molecule has 1 atom stereocenters. The Hall–Kier alpha value is -2.47. The molecule has 0 unspecified atom stereocenters. The van der Waals surface area contributed by atoms with Crippen molar-refractivity contribution in [3.63, 3.8) is 0 Å². The van der Waals surface area contributed by atoms with Crippen molar-refractivity contribution in [2.75, 3.05) is 6.54 Å². The summed E-state index contributed by atoms with van der Waals surface area (Å²) in [6, 6.07) is 9.52. The van der Waals surface area contributed by atoms with E-state index in [9.17, 15) is 14.7 Å². The topological polar surface area (TPSA) is 95.1 Å². The average molecular weight is 343 g/mol. The van der Waals surface area contributed by atoms with Crippen LogP contribution in [0.3, 0.4) is 0 Å². The van der Waals surface area contributed by atoms with Gasteiger partial charge in [0.25, 0.3) is 11.5 Å². The van der Waals surface area contributed by atoms with Gasteiger partial charge in [-0.15, -0.1) is 0 Å². The van der Waals surface area contributed by atoms with E-state index in [4.69, 9.17) is 0 Å². The zero-order valence-corrected chi connectivity index (χ0v) is 15.1. The quantitative estimate of drug-likeness (QED) is 0.770. The van der Waals surface area contributed by atoms with Gasteiger partial charge in [-0.05, 0) is 12.5 Å². The van der Waals surface area contributed by atoms with Crippen molar-refractivity contribution in [2.24, 2.45) is 0 Å². The monoisotopic (exact) mass is 343 g/mol. The Morgan fingerprint density at radius 1 is 1.28 bits per heavy atom. The molecule has 1 aromatic carbocycles. The Morgan fingerprint density at radius 2 is 1.92 bits per heavy atom. The molecule has 3 N–H and O–H groups in total. The lowest BCUT2D eigenvalue weighted by Crippen LogP contribution is -2.38. The molecule has 2 rings (SSSR count). The van der Waals surface area contributed by atoms with Crippen LogP contribution < -0.4 is 10.9 Å². The molecular formula is C19H25N3O3. The fraction of sp³-hybridized carbons (Fsp3) is 0.421. The molecule has 0 aliphatic rings. The number of aromatic amines is 1. The van der Waals surface area contributed by atoms with Gasteiger partial charge >= 0.3 is 0 Å². The van der Waals surface area contributed by atoms with E-state index in [1.54, 1.807) is 6.92 Å². The Labute approximate surface area is 147 Å². The van der Waals surface area contributed by atoms with Gasteiger partial charge < -0.3 is 15.4 Å². The van der Waals surface area contributed by atoms with Gasteiger partial charge in [-0.2, -0.15) is 0 Å². The van der Waals surface area contributed by atoms with E-state index < -0.39 is 17.6 Å². The van der Waals surface area contributed by atoms with Crippen molar-refractivity contribution in [1.29, 1.82) is 0 Å². The molecule has 0 fully saturated rings. The first-order valence-electron chi connectivity index (χ1n) is 8.30. The van der Waals surface area contributed by atoms with Gasteiger partial charge in [0.05, 0.1) is 11.8 Å². The normalized spacial score (nSPS) is 12.7. The van der Waals surface area contributed by atoms with Crippen LogP contribution in [0.2, 0.25) is 0 Å². The van der Waals surface area contributed by atoms with Crippen LogP contribution in [0.4, 0.5) is 0 Å². The van der Waals surface area contributed by atoms with Gasteiger partial charge in [-0.25, -0.2) is 4.98 Å². The predicted molar refractivity (Wildman–Crippen MR) is 96.8 cm³/mol. The average Bonchev–Trinajstić information content (AvgIpc) is 2.52. The number of carbonyl (C=O) groups is 1. The van der Waals surface area contributed by atoms with Crippen molar-refractivity contribution in [3.8, 4) is 0 Å². The van der Waals surface area contributed by atoms with Crippen molar-refractivity contribution in [3.05, 3.63) is 63.3 Å². The summed E-state index contributed by atoms with van der Waals surface area (Å²) in [5, 5.41) is 12.7. The molecule has 1 heterocycles. The number of nitrogens with one attached hydrogen (secondary N) is 2. The van der Waals surface area contributed by atoms with E-state index >= 15 is 0 Å². The maximum Gasteiger partial charge on any atom is 0.264 e. The minimum atomic E-state index is -0.729. The Morgan fingerprint density at radius 3 is 2.48 bits per heavy atom. The zero-order chi connectivity index (χ0) is 18.6. The molecule has 0 spiro atoms. The maximum absolute atomic E-state index is 12.3. The minimum Gasteiger partial charge on any atom is -0.391 e. The van der Waals surface area contributed by atoms with Crippen LogP contribution in [0.15, 0.2) is 35.1 Å². The first-order valence-corrected chi connectivity index (χ1v) is 8.30. The number of aliphatic hydroxyl groups excluding tert-OH is 1. The minimum absolute atomic E-state index is 0.0140. The molecule has 0 bridgehead atoms. The lowest BCUT2D eigenvalue weighted by molar-refractivity contribution is 0.0913. The van der Waals surface area contributed by atoms with Gasteiger partial charge in [0, 0.05) is 18.4 Å². The van der Waals surface area contributed by atoms with E-state index in [1.165, 1.54) is 0 Å². The van der Waals surface area contributed by atoms with Gasteiger partial charge in [-0.3, -0.25) is 9.59 Å². The first-order chi connectivity index (χ1) is 11.7. The number of hydrogen-bond acceptors (Lipinski definition) is 4. The standard InChI is InChI=1S/C19H25N3O3/c1-12-15(17(25)22-18(21-12)19(2,3)4)16(24)20-11-14(23)10-13-8-6-5-7-9-13/h5-9,14,23H,10-11H2,1-4H3,(H,20,24)(H,21,22,25)/t14-/m1/s1. The highest BCUT2D eigenvalue weighted by atomic mass is 16.3. The Bertz CT molecular complexity index is 792. The van der Waals surface area contributed by atoms with Crippen LogP contribution in [0.25, 0.3) is 0 Å². The largest absolute Gasteiger partial charge is 0.391 e. The highest BCUT2D eigenvalue weighted by Gasteiger charge is 2.22.